The van der Waals surface area contributed by atoms with E-state index in [1.165, 1.54) is 48.5 Å². The zero-order valence-corrected chi connectivity index (χ0v) is 56.3. The van der Waals surface area contributed by atoms with Gasteiger partial charge in [0.25, 0.3) is 0 Å². The van der Waals surface area contributed by atoms with Crippen LogP contribution in [0.2, 0.25) is 0 Å². The highest BCUT2D eigenvalue weighted by Crippen LogP contribution is 2.36. The fraction of sp³-hybridized carbons (Fsp3) is 0.325. The summed E-state index contributed by atoms with van der Waals surface area (Å²) in [6.07, 6.45) is 17.5. The summed E-state index contributed by atoms with van der Waals surface area (Å²) in [6, 6.07) is 28.7. The number of carbonyl (C=O) groups is 8. The van der Waals surface area contributed by atoms with E-state index in [0.717, 1.165) is 101 Å². The molecule has 0 N–H and O–H groups in total. The minimum Gasteiger partial charge on any atom is -0.494 e. The predicted octanol–water partition coefficient (Wildman–Crippen LogP) is 15.8. The van der Waals surface area contributed by atoms with Gasteiger partial charge in [0.15, 0.2) is 0 Å². The number of ether oxygens (including phenoxy) is 12. The summed E-state index contributed by atoms with van der Waals surface area (Å²) in [5.74, 6) is -14.4. The third kappa shape index (κ3) is 29.9. The highest BCUT2D eigenvalue weighted by molar-refractivity contribution is 5.93. The zero-order chi connectivity index (χ0) is 73.2. The fourth-order valence-electron chi connectivity index (χ4n) is 8.87. The molecule has 24 heteroatoms. The lowest BCUT2D eigenvalue weighted by molar-refractivity contribution is -0.138. The van der Waals surface area contributed by atoms with Gasteiger partial charge in [0.05, 0.1) is 75.1 Å². The molecule has 0 spiro atoms. The molecule has 20 nitrogen and oxygen atoms in total. The maximum atomic E-state index is 14.8. The topological polar surface area (TPSA) is 247 Å². The lowest BCUT2D eigenvalue weighted by atomic mass is 10.2. The number of esters is 8. The van der Waals surface area contributed by atoms with Crippen molar-refractivity contribution in [2.24, 2.45) is 0 Å². The maximum absolute atomic E-state index is 14.8. The van der Waals surface area contributed by atoms with Crippen LogP contribution >= 0.6 is 0 Å². The third-order valence-corrected chi connectivity index (χ3v) is 14.4. The molecule has 0 saturated carbocycles. The van der Waals surface area contributed by atoms with E-state index in [-0.39, 0.29) is 11.1 Å². The Morgan fingerprint density at radius 2 is 0.525 bits per heavy atom. The molecule has 0 aliphatic heterocycles. The van der Waals surface area contributed by atoms with Crippen molar-refractivity contribution in [1.29, 1.82) is 0 Å². The molecular formula is C77H82F4O20. The molecule has 6 aromatic carbocycles. The molecule has 6 aromatic rings. The van der Waals surface area contributed by atoms with E-state index in [1.807, 2.05) is 0 Å². The summed E-state index contributed by atoms with van der Waals surface area (Å²) in [5, 5.41) is 0. The molecule has 0 fully saturated rings. The second-order valence-corrected chi connectivity index (χ2v) is 22.0. The molecule has 0 radical (unpaired) electrons. The van der Waals surface area contributed by atoms with Gasteiger partial charge in [-0.05, 0) is 230 Å². The predicted molar refractivity (Wildman–Crippen MR) is 364 cm³/mol. The first-order chi connectivity index (χ1) is 48.8. The average Bonchev–Trinajstić information content (AvgIpc) is 0.785. The molecule has 6 rings (SSSR count). The van der Waals surface area contributed by atoms with Gasteiger partial charge in [-0.15, -0.1) is 0 Å². The summed E-state index contributed by atoms with van der Waals surface area (Å²) >= 11 is 0. The first-order valence-corrected chi connectivity index (χ1v) is 32.8. The Labute approximate surface area is 583 Å². The van der Waals surface area contributed by atoms with Crippen LogP contribution in [0.25, 0.3) is 0 Å². The summed E-state index contributed by atoms with van der Waals surface area (Å²) in [6.45, 7) is 18.2. The van der Waals surface area contributed by atoms with Crippen LogP contribution in [-0.2, 0) is 38.1 Å². The number of hydrogen-bond acceptors (Lipinski definition) is 20. The molecule has 538 valence electrons. The molecular weight excluding hydrogens is 1320 g/mol. The maximum Gasteiger partial charge on any atom is 0.343 e. The van der Waals surface area contributed by atoms with Gasteiger partial charge < -0.3 is 56.8 Å². The molecule has 0 bridgehead atoms. The SMILES string of the molecule is C=CC(=O)OCCCCCCOc1ccc(C(=O)Oc2c(F)c(F)c(OC(=O)c3ccc(OCCCCCCOC(=O)C=C)cc3)c(F)c2F)cc1.C=CC(=O)OCCCCCCOc1ccc(C(=O)Oc2ccc(OC(=O)c3ccc(OCCCCCCOC(=O)C=C)cc3)c(C)c2)cc1. The zero-order valence-electron chi connectivity index (χ0n) is 56.3. The van der Waals surface area contributed by atoms with Crippen molar-refractivity contribution in [3.8, 4) is 46.0 Å². The number of rotatable bonds is 44. The lowest BCUT2D eigenvalue weighted by Gasteiger charge is -2.13. The summed E-state index contributed by atoms with van der Waals surface area (Å²) < 4.78 is 122. The first-order valence-electron chi connectivity index (χ1n) is 32.8. The van der Waals surface area contributed by atoms with E-state index in [1.54, 1.807) is 73.7 Å². The second kappa shape index (κ2) is 45.5. The van der Waals surface area contributed by atoms with Crippen molar-refractivity contribution in [1.82, 2.24) is 0 Å². The van der Waals surface area contributed by atoms with Crippen LogP contribution < -0.4 is 37.9 Å². The fourth-order valence-corrected chi connectivity index (χ4v) is 8.87. The normalized spacial score (nSPS) is 10.5. The quantitative estimate of drug-likeness (QED) is 0.00656. The van der Waals surface area contributed by atoms with Gasteiger partial charge >= 0.3 is 47.8 Å². The number of benzene rings is 6. The van der Waals surface area contributed by atoms with E-state index in [2.05, 4.69) is 35.8 Å². The summed E-state index contributed by atoms with van der Waals surface area (Å²) in [5.41, 5.74) is 0.956. The van der Waals surface area contributed by atoms with Crippen LogP contribution in [0.5, 0.6) is 46.0 Å². The summed E-state index contributed by atoms with van der Waals surface area (Å²) in [7, 11) is 0. The summed E-state index contributed by atoms with van der Waals surface area (Å²) in [4.78, 5) is 94.6. The minimum atomic E-state index is -2.09. The molecule has 101 heavy (non-hydrogen) atoms. The van der Waals surface area contributed by atoms with Gasteiger partial charge in [-0.1, -0.05) is 26.3 Å². The lowest BCUT2D eigenvalue weighted by Crippen LogP contribution is -2.16. The van der Waals surface area contributed by atoms with Crippen LogP contribution in [0.4, 0.5) is 17.6 Å². The Bertz CT molecular complexity index is 3550. The van der Waals surface area contributed by atoms with Gasteiger partial charge in [-0.2, -0.15) is 17.6 Å². The second-order valence-electron chi connectivity index (χ2n) is 22.0. The van der Waals surface area contributed by atoms with Crippen molar-refractivity contribution >= 4 is 47.8 Å². The number of carbonyl (C=O) groups excluding carboxylic acids is 8. The Balaban J connectivity index is 0.000000364. The first kappa shape index (κ1) is 80.6. The Kier molecular flexibility index (Phi) is 36.3. The third-order valence-electron chi connectivity index (χ3n) is 14.4. The van der Waals surface area contributed by atoms with E-state index >= 15 is 0 Å². The van der Waals surface area contributed by atoms with E-state index in [0.29, 0.717) is 130 Å². The van der Waals surface area contributed by atoms with Gasteiger partial charge in [0, 0.05) is 24.3 Å². The van der Waals surface area contributed by atoms with Crippen molar-refractivity contribution < 1.29 is 113 Å². The van der Waals surface area contributed by atoms with Gasteiger partial charge in [-0.3, -0.25) is 0 Å². The Morgan fingerprint density at radius 1 is 0.297 bits per heavy atom. The largest absolute Gasteiger partial charge is 0.494 e. The van der Waals surface area contributed by atoms with Crippen LogP contribution in [0.1, 0.15) is 150 Å². The van der Waals surface area contributed by atoms with Gasteiger partial charge in [0.2, 0.25) is 34.8 Å². The van der Waals surface area contributed by atoms with Crippen molar-refractivity contribution in [2.75, 3.05) is 52.9 Å². The highest BCUT2D eigenvalue weighted by atomic mass is 19.2. The van der Waals surface area contributed by atoms with Crippen molar-refractivity contribution in [3.05, 3.63) is 217 Å². The van der Waals surface area contributed by atoms with Gasteiger partial charge in [0.1, 0.15) is 34.5 Å². The monoisotopic (exact) mass is 1400 g/mol. The number of halogens is 4. The number of hydrogen-bond donors (Lipinski definition) is 0. The molecule has 0 aliphatic rings. The van der Waals surface area contributed by atoms with Crippen LogP contribution in [-0.4, -0.2) is 101 Å². The molecule has 0 aromatic heterocycles. The van der Waals surface area contributed by atoms with Crippen LogP contribution in [0.15, 0.2) is 166 Å². The van der Waals surface area contributed by atoms with E-state index in [4.69, 9.17) is 47.4 Å². The molecule has 0 heterocycles. The van der Waals surface area contributed by atoms with Crippen LogP contribution in [0, 0.1) is 30.2 Å². The standard InChI is InChI=1S/C39H44O10.C38H38F4O10/c1-4-36(40)46-26-12-8-6-10-24-44-32-18-14-30(15-19-32)38(42)48-34-22-23-35(29(3)28-34)49-39(43)31-16-20-33(21-17-31)45-25-11-7-9-13-27-47-37(41)5-2;1-3-29(43)49-23-11-7-5-9-21-47-27-17-13-25(14-18-27)37(45)51-35-31(39)33(41)36(34(42)32(35)40)52-38(46)26-15-19-28(20-16-26)48-22-10-6-8-12-24-50-30(44)4-2/h4-5,14-23,28H,1-2,6-13,24-27H2,3H3;3-4,13-20H,1-2,5-12,21-24H2. The molecule has 0 amide bonds. The number of aryl methyl sites for hydroxylation is 1. The number of unbranched alkanes of at least 4 members (excludes halogenated alkanes) is 12. The van der Waals surface area contributed by atoms with Crippen LogP contribution in [0.3, 0.4) is 0 Å². The Hall–Kier alpha value is -11.0. The molecule has 0 unspecified atom stereocenters. The smallest absolute Gasteiger partial charge is 0.343 e. The van der Waals surface area contributed by atoms with E-state index < -0.39 is 82.5 Å². The Morgan fingerprint density at radius 3 is 0.772 bits per heavy atom. The average molecular weight is 1400 g/mol. The van der Waals surface area contributed by atoms with Gasteiger partial charge in [-0.25, -0.2) is 38.4 Å². The molecule has 0 atom stereocenters. The molecule has 0 saturated heterocycles. The van der Waals surface area contributed by atoms with E-state index in [9.17, 15) is 55.9 Å². The molecule has 0 aliphatic carbocycles. The van der Waals surface area contributed by atoms with Crippen molar-refractivity contribution in [2.45, 2.75) is 110 Å². The van der Waals surface area contributed by atoms with Crippen molar-refractivity contribution in [3.63, 3.8) is 0 Å². The minimum absolute atomic E-state index is 0.201. The highest BCUT2D eigenvalue weighted by Gasteiger charge is 2.32.